The average molecular weight is 1130 g/mol. The van der Waals surface area contributed by atoms with Gasteiger partial charge in [0.15, 0.2) is 23.3 Å². The summed E-state index contributed by atoms with van der Waals surface area (Å²) in [5.74, 6) is 4.09. The monoisotopic (exact) mass is 1130 g/mol. The molecule has 0 saturated heterocycles. The Morgan fingerprint density at radius 3 is 0.855 bits per heavy atom. The van der Waals surface area contributed by atoms with Crippen LogP contribution in [0.4, 0.5) is 11.6 Å². The summed E-state index contributed by atoms with van der Waals surface area (Å²) in [6.07, 6.45) is 48.0. The van der Waals surface area contributed by atoms with Gasteiger partial charge in [0.05, 0.1) is 11.4 Å². The first-order valence-corrected chi connectivity index (χ1v) is 35.8. The molecule has 0 unspecified atom stereocenters. The predicted molar refractivity (Wildman–Crippen MR) is 354 cm³/mol. The lowest BCUT2D eigenvalue weighted by Gasteiger charge is -2.38. The molecule has 442 valence electrons. The molecule has 1 aliphatic carbocycles. The maximum Gasteiger partial charge on any atom is 0.482 e. The molecule has 4 aromatic carbocycles. The first-order valence-electron chi connectivity index (χ1n) is 33.9. The third-order valence-corrected chi connectivity index (χ3v) is 21.8. The second-order valence-corrected chi connectivity index (χ2v) is 27.5. The quantitative estimate of drug-likeness (QED) is 0.0288. The smallest absolute Gasteiger partial charge is 0.377 e. The molecule has 5 heterocycles. The van der Waals surface area contributed by atoms with Crippen LogP contribution in [0.1, 0.15) is 278 Å². The molecule has 4 aliphatic heterocycles. The molecular weight excluding hydrogens is 1030 g/mol. The van der Waals surface area contributed by atoms with E-state index < -0.39 is 14.3 Å². The number of hydrogen-bond donors (Lipinski definition) is 0. The molecular formula is C73H99N7O2Si. The van der Waals surface area contributed by atoms with E-state index in [0.29, 0.717) is 36.6 Å². The molecule has 10 heteroatoms. The van der Waals surface area contributed by atoms with Gasteiger partial charge in [-0.2, -0.15) is 0 Å². The maximum absolute atomic E-state index is 7.95. The van der Waals surface area contributed by atoms with Crippen LogP contribution in [0.25, 0.3) is 10.8 Å². The summed E-state index contributed by atoms with van der Waals surface area (Å²) >= 11 is 0. The molecule has 5 aromatic rings. The van der Waals surface area contributed by atoms with Crippen LogP contribution in [0.15, 0.2) is 127 Å². The van der Waals surface area contributed by atoms with Gasteiger partial charge in [-0.15, -0.1) is 0 Å². The minimum atomic E-state index is -3.95. The molecule has 83 heavy (non-hydrogen) atoms. The van der Waals surface area contributed by atoms with Crippen molar-refractivity contribution in [1.29, 1.82) is 0 Å². The number of hydrogen-bond acceptors (Lipinski definition) is 8. The van der Waals surface area contributed by atoms with Gasteiger partial charge >= 0.3 is 8.72 Å². The molecule has 10 rings (SSSR count). The van der Waals surface area contributed by atoms with Crippen LogP contribution < -0.4 is 0 Å². The first-order chi connectivity index (χ1) is 41.2. The van der Waals surface area contributed by atoms with E-state index in [1.807, 2.05) is 0 Å². The van der Waals surface area contributed by atoms with Gasteiger partial charge in [-0.3, -0.25) is 4.23 Å². The average Bonchev–Trinajstić information content (AvgIpc) is 2.39. The summed E-state index contributed by atoms with van der Waals surface area (Å²) in [5.41, 5.74) is 7.17. The van der Waals surface area contributed by atoms with Crippen LogP contribution in [-0.2, 0) is 8.85 Å². The molecule has 0 N–H and O–H groups in total. The van der Waals surface area contributed by atoms with E-state index in [4.69, 9.17) is 38.8 Å². The Morgan fingerprint density at radius 2 is 0.554 bits per heavy atom. The van der Waals surface area contributed by atoms with Crippen LogP contribution in [0.3, 0.4) is 0 Å². The standard InChI is InChI=1S/C73H99N7O2Si/c1-3-5-7-9-11-13-15-17-19-21-23-25-27-29-31-33-35-45-55-81-83(82-56-46-36-34-32-30-28-26-24-22-20-18-16-14-12-10-8-6-4-2)67-65-57-47-37-38-48-58(57)66(67)75-69-60-50-40-42-52-62(60)71(77-69)79-73-64-54-44-43-53-63(64)72(80(73)83)78-70-61-51-41-39-49-59(61)68(74-65)76-70/h37-44,47-54,67H,3-36,45-46,55-56H2,1-2H3. The Hall–Kier alpha value is -5.42. The highest BCUT2D eigenvalue weighted by molar-refractivity contribution is 6.80. The van der Waals surface area contributed by atoms with Crippen molar-refractivity contribution in [2.75, 3.05) is 13.2 Å². The summed E-state index contributed by atoms with van der Waals surface area (Å²) in [4.78, 5) is 33.4. The van der Waals surface area contributed by atoms with E-state index in [1.54, 1.807) is 0 Å². The Balaban J connectivity index is 0.885. The van der Waals surface area contributed by atoms with E-state index >= 15 is 0 Å². The number of aromatic nitrogens is 1. The molecule has 5 aliphatic rings. The summed E-state index contributed by atoms with van der Waals surface area (Å²) in [6, 6.07) is 34.1. The molecule has 6 bridgehead atoms. The van der Waals surface area contributed by atoms with Crippen molar-refractivity contribution in [2.24, 2.45) is 30.0 Å². The minimum Gasteiger partial charge on any atom is -0.377 e. The summed E-state index contributed by atoms with van der Waals surface area (Å²) in [6.45, 7) is 5.69. The van der Waals surface area contributed by atoms with Crippen LogP contribution in [0.2, 0.25) is 5.54 Å². The van der Waals surface area contributed by atoms with E-state index in [1.165, 1.54) is 205 Å². The zero-order valence-electron chi connectivity index (χ0n) is 51.1. The lowest BCUT2D eigenvalue weighted by atomic mass is 10.0. The van der Waals surface area contributed by atoms with Gasteiger partial charge in [0.1, 0.15) is 17.2 Å². The van der Waals surface area contributed by atoms with Gasteiger partial charge in [-0.25, -0.2) is 30.0 Å². The number of fused-ring (bicyclic) bond motifs is 14. The fourth-order valence-electron chi connectivity index (χ4n) is 13.6. The number of amidine groups is 4. The molecule has 0 atom stereocenters. The van der Waals surface area contributed by atoms with Gasteiger partial charge in [0.2, 0.25) is 0 Å². The fraction of sp³-hybridized carbons (Fsp3) is 0.562. The zero-order chi connectivity index (χ0) is 56.7. The normalized spacial score (nSPS) is 16.0. The second-order valence-electron chi connectivity index (χ2n) is 24.7. The molecule has 0 fully saturated rings. The molecule has 9 nitrogen and oxygen atoms in total. The number of aliphatic imine (C=N–C) groups is 6. The highest BCUT2D eigenvalue weighted by Gasteiger charge is 2.61. The summed E-state index contributed by atoms with van der Waals surface area (Å²) < 4.78 is 18.2. The molecule has 0 saturated carbocycles. The van der Waals surface area contributed by atoms with Crippen LogP contribution in [0.5, 0.6) is 0 Å². The van der Waals surface area contributed by atoms with Gasteiger partial charge in [-0.05, 0) is 12.8 Å². The highest BCUT2D eigenvalue weighted by Crippen LogP contribution is 2.50. The first kappa shape index (κ1) is 60.7. The van der Waals surface area contributed by atoms with Gasteiger partial charge < -0.3 is 8.85 Å². The van der Waals surface area contributed by atoms with E-state index in [9.17, 15) is 0 Å². The lowest BCUT2D eigenvalue weighted by Crippen LogP contribution is -2.58. The van der Waals surface area contributed by atoms with Crippen LogP contribution >= 0.6 is 0 Å². The zero-order valence-corrected chi connectivity index (χ0v) is 52.1. The van der Waals surface area contributed by atoms with Crippen molar-refractivity contribution < 1.29 is 8.85 Å². The molecule has 0 amide bonds. The predicted octanol–water partition coefficient (Wildman–Crippen LogP) is 20.9. The van der Waals surface area contributed by atoms with E-state index in [-0.39, 0.29) is 0 Å². The van der Waals surface area contributed by atoms with Crippen molar-refractivity contribution in [1.82, 2.24) is 4.23 Å². The Morgan fingerprint density at radius 1 is 0.301 bits per heavy atom. The van der Waals surface area contributed by atoms with Gasteiger partial charge in [-0.1, -0.05) is 329 Å². The molecule has 1 aromatic heterocycles. The summed E-state index contributed by atoms with van der Waals surface area (Å²) in [7, 11) is -3.95. The van der Waals surface area contributed by atoms with E-state index in [2.05, 4.69) is 115 Å². The van der Waals surface area contributed by atoms with Crippen LogP contribution in [-0.4, -0.2) is 60.9 Å². The lowest BCUT2D eigenvalue weighted by molar-refractivity contribution is 0.154. The maximum atomic E-state index is 7.95. The van der Waals surface area contributed by atoms with Crippen LogP contribution in [0, 0.1) is 0 Å². The van der Waals surface area contributed by atoms with Gasteiger partial charge in [0, 0.05) is 57.4 Å². The third-order valence-electron chi connectivity index (χ3n) is 18.3. The Bertz CT molecular complexity index is 2870. The topological polar surface area (TPSA) is 97.5 Å². The SMILES string of the molecule is CCCCCCCCCCCCCCCCCCCCO[Si]1(OCCCCCCCCCCCCCCCCCCCC)C2C3=NC4=NC(=Nc5c6ccccc6c(n51)N=C1N=C(N=C2c2ccccc23)c2ccccc21)c1ccccc14. The van der Waals surface area contributed by atoms with Crippen molar-refractivity contribution in [2.45, 2.75) is 251 Å². The number of rotatable bonds is 40. The molecule has 0 spiro atoms. The van der Waals surface area contributed by atoms with Crippen molar-refractivity contribution >= 4 is 65.9 Å². The minimum absolute atomic E-state index is 0.510. The largest absolute Gasteiger partial charge is 0.482 e. The van der Waals surface area contributed by atoms with Gasteiger partial charge in [0.25, 0.3) is 0 Å². The summed E-state index contributed by atoms with van der Waals surface area (Å²) in [5, 5.41) is 1.96. The molecule has 0 radical (unpaired) electrons. The Labute approximate surface area is 500 Å². The number of benzene rings is 4. The third kappa shape index (κ3) is 15.3. The number of unbranched alkanes of at least 4 members (excludes halogenated alkanes) is 34. The van der Waals surface area contributed by atoms with Crippen molar-refractivity contribution in [3.63, 3.8) is 0 Å². The van der Waals surface area contributed by atoms with Crippen molar-refractivity contribution in [3.8, 4) is 0 Å². The fourth-order valence-corrected chi connectivity index (χ4v) is 17.4. The Kier molecular flexibility index (Phi) is 23.5. The highest BCUT2D eigenvalue weighted by atomic mass is 28.4. The van der Waals surface area contributed by atoms with E-state index in [0.717, 1.165) is 92.9 Å². The van der Waals surface area contributed by atoms with Crippen molar-refractivity contribution in [3.05, 3.63) is 130 Å². The second kappa shape index (κ2) is 32.2. The number of nitrogens with zero attached hydrogens (tertiary/aromatic N) is 7.